The molecular weight excluding hydrogens is 330 g/mol. The Bertz CT molecular complexity index is 903. The number of amides is 2. The lowest BCUT2D eigenvalue weighted by molar-refractivity contribution is -0.116. The average molecular weight is 349 g/mol. The van der Waals surface area contributed by atoms with Gasteiger partial charge in [-0.2, -0.15) is 0 Å². The number of nitrogens with one attached hydrogen (secondary N) is 1. The van der Waals surface area contributed by atoms with Crippen LogP contribution in [0.1, 0.15) is 16.1 Å². The van der Waals surface area contributed by atoms with Crippen LogP contribution in [-0.2, 0) is 4.79 Å². The minimum absolute atomic E-state index is 0.0785. The van der Waals surface area contributed by atoms with E-state index >= 15 is 0 Å². The highest BCUT2D eigenvalue weighted by molar-refractivity contribution is 5.98. The molecule has 0 bridgehead atoms. The van der Waals surface area contributed by atoms with Crippen molar-refractivity contribution in [2.75, 3.05) is 18.9 Å². The molecule has 26 heavy (non-hydrogen) atoms. The molecule has 0 unspecified atom stereocenters. The van der Waals surface area contributed by atoms with Gasteiger partial charge in [-0.15, -0.1) is 5.10 Å². The number of hydrogen-bond donors (Lipinski definition) is 1. The number of rotatable bonds is 5. The third kappa shape index (κ3) is 4.13. The van der Waals surface area contributed by atoms with Crippen LogP contribution in [-0.4, -0.2) is 45.3 Å². The van der Waals surface area contributed by atoms with Crippen LogP contribution in [0.15, 0.2) is 60.8 Å². The third-order valence-electron chi connectivity index (χ3n) is 3.80. The van der Waals surface area contributed by atoms with E-state index in [4.69, 9.17) is 0 Å². The van der Waals surface area contributed by atoms with Gasteiger partial charge in [0.05, 0.1) is 18.4 Å². The van der Waals surface area contributed by atoms with Crippen molar-refractivity contribution in [3.8, 4) is 5.69 Å². The number of aromatic nitrogens is 3. The molecule has 0 aliphatic heterocycles. The van der Waals surface area contributed by atoms with Crippen molar-refractivity contribution in [1.29, 1.82) is 0 Å². The summed E-state index contributed by atoms with van der Waals surface area (Å²) >= 11 is 0. The summed E-state index contributed by atoms with van der Waals surface area (Å²) in [5, 5.41) is 10.6. The molecule has 1 N–H and O–H groups in total. The van der Waals surface area contributed by atoms with E-state index in [0.717, 1.165) is 11.3 Å². The Hall–Kier alpha value is -3.48. The second-order valence-corrected chi connectivity index (χ2v) is 5.96. The predicted octanol–water partition coefficient (Wildman–Crippen LogP) is 2.29. The summed E-state index contributed by atoms with van der Waals surface area (Å²) in [6.07, 6.45) is 1.55. The zero-order chi connectivity index (χ0) is 18.5. The first-order chi connectivity index (χ1) is 12.5. The van der Waals surface area contributed by atoms with Crippen LogP contribution in [0.25, 0.3) is 5.69 Å². The van der Waals surface area contributed by atoms with E-state index in [-0.39, 0.29) is 24.1 Å². The van der Waals surface area contributed by atoms with E-state index in [1.807, 2.05) is 61.5 Å². The minimum Gasteiger partial charge on any atom is -0.331 e. The number of carbonyl (C=O) groups excluding carboxylic acids is 2. The molecule has 0 aliphatic rings. The largest absolute Gasteiger partial charge is 0.331 e. The first-order valence-corrected chi connectivity index (χ1v) is 8.12. The van der Waals surface area contributed by atoms with Gasteiger partial charge in [-0.1, -0.05) is 41.1 Å². The van der Waals surface area contributed by atoms with Gasteiger partial charge in [-0.25, -0.2) is 4.68 Å². The second-order valence-electron chi connectivity index (χ2n) is 5.96. The van der Waals surface area contributed by atoms with Gasteiger partial charge >= 0.3 is 0 Å². The molecule has 1 aromatic heterocycles. The first kappa shape index (κ1) is 17.3. The van der Waals surface area contributed by atoms with E-state index < -0.39 is 0 Å². The van der Waals surface area contributed by atoms with Gasteiger partial charge in [0, 0.05) is 12.7 Å². The molecule has 132 valence electrons. The summed E-state index contributed by atoms with van der Waals surface area (Å²) in [7, 11) is 1.55. The Labute approximate surface area is 151 Å². The van der Waals surface area contributed by atoms with Gasteiger partial charge in [-0.05, 0) is 31.2 Å². The van der Waals surface area contributed by atoms with Crippen LogP contribution >= 0.6 is 0 Å². The standard InChI is InChI=1S/C19H19N5O2/c1-14-8-10-15(11-9-14)20-18(25)13-23(2)19(26)17-12-24(22-21-17)16-6-4-3-5-7-16/h3-12H,13H2,1-2H3,(H,20,25). The maximum atomic E-state index is 12.5. The van der Waals surface area contributed by atoms with Crippen LogP contribution in [0.2, 0.25) is 0 Å². The molecule has 3 aromatic rings. The zero-order valence-corrected chi connectivity index (χ0v) is 14.6. The predicted molar refractivity (Wildman–Crippen MR) is 98.1 cm³/mol. The Balaban J connectivity index is 1.61. The summed E-state index contributed by atoms with van der Waals surface area (Å²) in [4.78, 5) is 25.9. The molecule has 0 aliphatic carbocycles. The first-order valence-electron chi connectivity index (χ1n) is 8.12. The molecule has 0 radical (unpaired) electrons. The highest BCUT2D eigenvalue weighted by Gasteiger charge is 2.18. The molecule has 0 saturated carbocycles. The average Bonchev–Trinajstić information content (AvgIpc) is 3.14. The second kappa shape index (κ2) is 7.60. The van der Waals surface area contributed by atoms with Crippen molar-refractivity contribution in [2.45, 2.75) is 6.92 Å². The fourth-order valence-corrected chi connectivity index (χ4v) is 2.39. The molecule has 0 saturated heterocycles. The number of aryl methyl sites for hydroxylation is 1. The lowest BCUT2D eigenvalue weighted by Gasteiger charge is -2.15. The van der Waals surface area contributed by atoms with Crippen LogP contribution < -0.4 is 5.32 Å². The van der Waals surface area contributed by atoms with Crippen LogP contribution in [0.4, 0.5) is 5.69 Å². The van der Waals surface area contributed by atoms with Crippen molar-refractivity contribution in [2.24, 2.45) is 0 Å². The Morgan fingerprint density at radius 3 is 2.46 bits per heavy atom. The summed E-state index contributed by atoms with van der Waals surface area (Å²) in [6, 6.07) is 16.8. The van der Waals surface area contributed by atoms with Crippen molar-refractivity contribution < 1.29 is 9.59 Å². The van der Waals surface area contributed by atoms with Gasteiger partial charge < -0.3 is 10.2 Å². The molecule has 1 heterocycles. The maximum Gasteiger partial charge on any atom is 0.276 e. The Morgan fingerprint density at radius 1 is 1.08 bits per heavy atom. The monoisotopic (exact) mass is 349 g/mol. The van der Waals surface area contributed by atoms with E-state index in [1.165, 1.54) is 9.58 Å². The third-order valence-corrected chi connectivity index (χ3v) is 3.80. The van der Waals surface area contributed by atoms with E-state index in [2.05, 4.69) is 15.6 Å². The van der Waals surface area contributed by atoms with Crippen molar-refractivity contribution in [3.05, 3.63) is 72.1 Å². The van der Waals surface area contributed by atoms with E-state index in [9.17, 15) is 9.59 Å². The summed E-state index contributed by atoms with van der Waals surface area (Å²) in [5.41, 5.74) is 2.78. The summed E-state index contributed by atoms with van der Waals surface area (Å²) in [6.45, 7) is 1.89. The molecule has 0 atom stereocenters. The van der Waals surface area contributed by atoms with Crippen molar-refractivity contribution in [3.63, 3.8) is 0 Å². The minimum atomic E-state index is -0.369. The van der Waals surface area contributed by atoms with Gasteiger partial charge in [0.25, 0.3) is 5.91 Å². The van der Waals surface area contributed by atoms with E-state index in [1.54, 1.807) is 13.2 Å². The molecule has 3 rings (SSSR count). The lowest BCUT2D eigenvalue weighted by Crippen LogP contribution is -2.35. The van der Waals surface area contributed by atoms with Crippen molar-refractivity contribution >= 4 is 17.5 Å². The van der Waals surface area contributed by atoms with E-state index in [0.29, 0.717) is 5.69 Å². The molecule has 2 aromatic carbocycles. The fraction of sp³-hybridized carbons (Fsp3) is 0.158. The highest BCUT2D eigenvalue weighted by atomic mass is 16.2. The number of para-hydroxylation sites is 1. The molecule has 7 nitrogen and oxygen atoms in total. The Morgan fingerprint density at radius 2 is 1.77 bits per heavy atom. The Kier molecular flexibility index (Phi) is 5.07. The molecule has 0 fully saturated rings. The SMILES string of the molecule is Cc1ccc(NC(=O)CN(C)C(=O)c2cn(-c3ccccc3)nn2)cc1. The van der Waals surface area contributed by atoms with Gasteiger partial charge in [0.1, 0.15) is 0 Å². The molecule has 0 spiro atoms. The number of likely N-dealkylation sites (N-methyl/N-ethyl adjacent to an activating group) is 1. The molecule has 2 amide bonds. The van der Waals surface area contributed by atoms with Gasteiger partial charge in [0.15, 0.2) is 5.69 Å². The normalized spacial score (nSPS) is 10.4. The number of nitrogens with zero attached hydrogens (tertiary/aromatic N) is 4. The number of anilines is 1. The summed E-state index contributed by atoms with van der Waals surface area (Å²) < 4.78 is 1.52. The lowest BCUT2D eigenvalue weighted by atomic mass is 10.2. The fourth-order valence-electron chi connectivity index (χ4n) is 2.39. The topological polar surface area (TPSA) is 80.1 Å². The maximum absolute atomic E-state index is 12.5. The summed E-state index contributed by atoms with van der Waals surface area (Å²) in [5.74, 6) is -0.647. The molecular formula is C19H19N5O2. The highest BCUT2D eigenvalue weighted by Crippen LogP contribution is 2.09. The molecule has 7 heteroatoms. The van der Waals surface area contributed by atoms with Crippen LogP contribution in [0.5, 0.6) is 0 Å². The number of carbonyl (C=O) groups is 2. The van der Waals surface area contributed by atoms with Gasteiger partial charge in [0.2, 0.25) is 5.91 Å². The van der Waals surface area contributed by atoms with Crippen molar-refractivity contribution in [1.82, 2.24) is 19.9 Å². The number of benzene rings is 2. The van der Waals surface area contributed by atoms with Crippen LogP contribution in [0.3, 0.4) is 0 Å². The smallest absolute Gasteiger partial charge is 0.276 e. The van der Waals surface area contributed by atoms with Gasteiger partial charge in [-0.3, -0.25) is 9.59 Å². The number of hydrogen-bond acceptors (Lipinski definition) is 4. The quantitative estimate of drug-likeness (QED) is 0.766. The zero-order valence-electron chi connectivity index (χ0n) is 14.6. The van der Waals surface area contributed by atoms with Crippen LogP contribution in [0, 0.1) is 6.92 Å².